The molecule has 0 radical (unpaired) electrons. The van der Waals surface area contributed by atoms with Crippen LogP contribution in [0, 0.1) is 25.5 Å². The summed E-state index contributed by atoms with van der Waals surface area (Å²) in [6.45, 7) is 3.57. The van der Waals surface area contributed by atoms with Crippen molar-refractivity contribution < 1.29 is 8.78 Å². The summed E-state index contributed by atoms with van der Waals surface area (Å²) in [7, 11) is 1.70. The van der Waals surface area contributed by atoms with Gasteiger partial charge in [0.25, 0.3) is 0 Å². The second-order valence-corrected chi connectivity index (χ2v) is 5.73. The average Bonchev–Trinajstić information content (AvgIpc) is 2.42. The zero-order chi connectivity index (χ0) is 14.9. The van der Waals surface area contributed by atoms with Gasteiger partial charge in [-0.25, -0.2) is 8.78 Å². The Morgan fingerprint density at radius 3 is 2.35 bits per heavy atom. The monoisotopic (exact) mass is 339 g/mol. The second kappa shape index (κ2) is 6.02. The van der Waals surface area contributed by atoms with Crippen molar-refractivity contribution in [2.24, 2.45) is 0 Å². The first-order valence-electron chi connectivity index (χ1n) is 6.33. The molecule has 0 bridgehead atoms. The Bertz CT molecular complexity index is 641. The SMILES string of the molecule is CNC(c1cc(Br)ccc1C)c1c(F)ccc(C)c1F. The fraction of sp³-hybridized carbons (Fsp3) is 0.250. The van der Waals surface area contributed by atoms with Crippen LogP contribution in [0.15, 0.2) is 34.8 Å². The zero-order valence-corrected chi connectivity index (χ0v) is 13.2. The maximum Gasteiger partial charge on any atom is 0.134 e. The van der Waals surface area contributed by atoms with Crippen LogP contribution in [0.4, 0.5) is 8.78 Å². The molecular formula is C16H16BrF2N. The normalized spacial score (nSPS) is 12.5. The highest BCUT2D eigenvalue weighted by atomic mass is 79.9. The summed E-state index contributed by atoms with van der Waals surface area (Å²) < 4.78 is 29.3. The molecule has 0 heterocycles. The number of aryl methyl sites for hydroxylation is 2. The summed E-state index contributed by atoms with van der Waals surface area (Å²) in [5.74, 6) is -1.03. The van der Waals surface area contributed by atoms with Crippen molar-refractivity contribution in [1.82, 2.24) is 5.32 Å². The largest absolute Gasteiger partial charge is 0.309 e. The Hall–Kier alpha value is -1.26. The summed E-state index contributed by atoms with van der Waals surface area (Å²) in [5.41, 5.74) is 2.33. The Kier molecular flexibility index (Phi) is 4.55. The third kappa shape index (κ3) is 2.76. The standard InChI is InChI=1S/C16H16BrF2N/c1-9-4-6-11(17)8-12(9)16(20-3)14-13(18)7-5-10(2)15(14)19/h4-8,16,20H,1-3H3. The molecule has 0 fully saturated rings. The fourth-order valence-corrected chi connectivity index (χ4v) is 2.70. The van der Waals surface area contributed by atoms with Crippen LogP contribution in [-0.2, 0) is 0 Å². The highest BCUT2D eigenvalue weighted by Gasteiger charge is 2.23. The first-order chi connectivity index (χ1) is 9.45. The molecule has 0 aliphatic heterocycles. The van der Waals surface area contributed by atoms with Crippen molar-refractivity contribution in [1.29, 1.82) is 0 Å². The van der Waals surface area contributed by atoms with E-state index in [9.17, 15) is 8.78 Å². The molecule has 0 aliphatic carbocycles. The van der Waals surface area contributed by atoms with Crippen LogP contribution in [0.2, 0.25) is 0 Å². The van der Waals surface area contributed by atoms with E-state index in [0.29, 0.717) is 5.56 Å². The topological polar surface area (TPSA) is 12.0 Å². The third-order valence-corrected chi connectivity index (χ3v) is 3.94. The molecule has 1 unspecified atom stereocenters. The number of benzene rings is 2. The van der Waals surface area contributed by atoms with Gasteiger partial charge < -0.3 is 5.32 Å². The van der Waals surface area contributed by atoms with Gasteiger partial charge in [0.1, 0.15) is 11.6 Å². The molecule has 2 aromatic carbocycles. The van der Waals surface area contributed by atoms with Crippen LogP contribution in [0.25, 0.3) is 0 Å². The smallest absolute Gasteiger partial charge is 0.134 e. The molecule has 0 aliphatic rings. The lowest BCUT2D eigenvalue weighted by Gasteiger charge is -2.21. The molecule has 0 aromatic heterocycles. The second-order valence-electron chi connectivity index (χ2n) is 4.81. The van der Waals surface area contributed by atoms with Crippen LogP contribution in [0.1, 0.15) is 28.3 Å². The molecule has 2 aromatic rings. The molecule has 1 N–H and O–H groups in total. The minimum atomic E-state index is -0.535. The van der Waals surface area contributed by atoms with E-state index in [1.165, 1.54) is 12.1 Å². The number of rotatable bonds is 3. The molecule has 0 saturated heterocycles. The van der Waals surface area contributed by atoms with Crippen LogP contribution in [0.3, 0.4) is 0 Å². The van der Waals surface area contributed by atoms with Gasteiger partial charge in [-0.05, 0) is 55.8 Å². The minimum Gasteiger partial charge on any atom is -0.309 e. The summed E-state index contributed by atoms with van der Waals surface area (Å²) >= 11 is 3.40. The van der Waals surface area contributed by atoms with E-state index in [1.807, 2.05) is 25.1 Å². The van der Waals surface area contributed by atoms with Crippen LogP contribution >= 0.6 is 15.9 Å². The summed E-state index contributed by atoms with van der Waals surface area (Å²) in [5, 5.41) is 3.01. The molecule has 4 heteroatoms. The van der Waals surface area contributed by atoms with E-state index in [4.69, 9.17) is 0 Å². The molecule has 2 rings (SSSR count). The Morgan fingerprint density at radius 2 is 1.70 bits per heavy atom. The van der Waals surface area contributed by atoms with Crippen LogP contribution in [0.5, 0.6) is 0 Å². The van der Waals surface area contributed by atoms with Gasteiger partial charge >= 0.3 is 0 Å². The predicted molar refractivity (Wildman–Crippen MR) is 80.9 cm³/mol. The first kappa shape index (κ1) is 15.1. The summed E-state index contributed by atoms with van der Waals surface area (Å²) in [4.78, 5) is 0. The molecule has 20 heavy (non-hydrogen) atoms. The first-order valence-corrected chi connectivity index (χ1v) is 7.12. The fourth-order valence-electron chi connectivity index (χ4n) is 2.32. The predicted octanol–water partition coefficient (Wildman–Crippen LogP) is 4.65. The molecule has 0 spiro atoms. The van der Waals surface area contributed by atoms with Crippen molar-refractivity contribution in [3.63, 3.8) is 0 Å². The Morgan fingerprint density at radius 1 is 1.05 bits per heavy atom. The lowest BCUT2D eigenvalue weighted by atomic mass is 9.93. The zero-order valence-electron chi connectivity index (χ0n) is 11.6. The molecule has 106 valence electrons. The van der Waals surface area contributed by atoms with Crippen LogP contribution in [-0.4, -0.2) is 7.05 Å². The van der Waals surface area contributed by atoms with Crippen molar-refractivity contribution in [2.75, 3.05) is 7.05 Å². The third-order valence-electron chi connectivity index (χ3n) is 3.45. The van der Waals surface area contributed by atoms with Gasteiger partial charge in [0.15, 0.2) is 0 Å². The highest BCUT2D eigenvalue weighted by molar-refractivity contribution is 9.10. The van der Waals surface area contributed by atoms with E-state index in [-0.39, 0.29) is 5.56 Å². The van der Waals surface area contributed by atoms with Crippen molar-refractivity contribution in [3.8, 4) is 0 Å². The van der Waals surface area contributed by atoms with Gasteiger partial charge in [-0.1, -0.05) is 28.1 Å². The van der Waals surface area contributed by atoms with Gasteiger partial charge in [0.2, 0.25) is 0 Å². The number of hydrogen-bond acceptors (Lipinski definition) is 1. The van der Waals surface area contributed by atoms with E-state index in [2.05, 4.69) is 21.2 Å². The lowest BCUT2D eigenvalue weighted by molar-refractivity contribution is 0.517. The number of hydrogen-bond donors (Lipinski definition) is 1. The lowest BCUT2D eigenvalue weighted by Crippen LogP contribution is -2.21. The van der Waals surface area contributed by atoms with Gasteiger partial charge in [-0.3, -0.25) is 0 Å². The Labute approximate surface area is 126 Å². The van der Waals surface area contributed by atoms with Crippen LogP contribution < -0.4 is 5.32 Å². The van der Waals surface area contributed by atoms with E-state index < -0.39 is 17.7 Å². The Balaban J connectivity index is 2.64. The molecular weight excluding hydrogens is 324 g/mol. The average molecular weight is 340 g/mol. The molecule has 1 atom stereocenters. The molecule has 0 saturated carbocycles. The molecule has 1 nitrogen and oxygen atoms in total. The number of halogens is 3. The van der Waals surface area contributed by atoms with E-state index in [0.717, 1.165) is 15.6 Å². The van der Waals surface area contributed by atoms with E-state index >= 15 is 0 Å². The van der Waals surface area contributed by atoms with Gasteiger partial charge in [0, 0.05) is 10.0 Å². The van der Waals surface area contributed by atoms with Crippen molar-refractivity contribution in [3.05, 3.63) is 68.7 Å². The van der Waals surface area contributed by atoms with Gasteiger partial charge in [0.05, 0.1) is 6.04 Å². The maximum absolute atomic E-state index is 14.3. The van der Waals surface area contributed by atoms with Gasteiger partial charge in [-0.15, -0.1) is 0 Å². The molecule has 0 amide bonds. The summed E-state index contributed by atoms with van der Waals surface area (Å²) in [6.07, 6.45) is 0. The van der Waals surface area contributed by atoms with E-state index in [1.54, 1.807) is 14.0 Å². The maximum atomic E-state index is 14.3. The highest BCUT2D eigenvalue weighted by Crippen LogP contribution is 2.31. The minimum absolute atomic E-state index is 0.0636. The van der Waals surface area contributed by atoms with Crippen molar-refractivity contribution in [2.45, 2.75) is 19.9 Å². The van der Waals surface area contributed by atoms with Crippen molar-refractivity contribution >= 4 is 15.9 Å². The quantitative estimate of drug-likeness (QED) is 0.857. The van der Waals surface area contributed by atoms with Gasteiger partial charge in [-0.2, -0.15) is 0 Å². The number of nitrogens with one attached hydrogen (secondary N) is 1. The summed E-state index contributed by atoms with van der Waals surface area (Å²) in [6, 6.07) is 7.97.